The second kappa shape index (κ2) is 2.96. The maximum Gasteiger partial charge on any atom is 0.251 e. The summed E-state index contributed by atoms with van der Waals surface area (Å²) in [4.78, 5) is 15.4. The molecular weight excluding hydrogens is 232 g/mol. The standard InChI is InChI=1S/C9H7BrN2O/c1-12-8(13)3-2-6-7(10)4-5-11-9(6)12/h2-5H,1H3. The first-order valence-corrected chi connectivity index (χ1v) is 4.60. The quantitative estimate of drug-likeness (QED) is 0.701. The van der Waals surface area contributed by atoms with E-state index in [1.165, 1.54) is 10.6 Å². The summed E-state index contributed by atoms with van der Waals surface area (Å²) in [5.74, 6) is 0. The summed E-state index contributed by atoms with van der Waals surface area (Å²) in [6.07, 6.45) is 1.67. The van der Waals surface area contributed by atoms with Crippen LogP contribution in [0, 0.1) is 0 Å². The van der Waals surface area contributed by atoms with E-state index >= 15 is 0 Å². The van der Waals surface area contributed by atoms with Crippen molar-refractivity contribution in [1.29, 1.82) is 0 Å². The molecule has 0 aromatic carbocycles. The Morgan fingerprint density at radius 1 is 1.38 bits per heavy atom. The lowest BCUT2D eigenvalue weighted by atomic mass is 10.3. The minimum absolute atomic E-state index is 0.0434. The van der Waals surface area contributed by atoms with Crippen LogP contribution in [0.15, 0.2) is 33.7 Å². The van der Waals surface area contributed by atoms with Crippen molar-refractivity contribution in [3.63, 3.8) is 0 Å². The molecule has 3 nitrogen and oxygen atoms in total. The fourth-order valence-corrected chi connectivity index (χ4v) is 1.66. The molecule has 0 aliphatic rings. The van der Waals surface area contributed by atoms with Gasteiger partial charge in [0.25, 0.3) is 5.56 Å². The van der Waals surface area contributed by atoms with Crippen molar-refractivity contribution in [2.45, 2.75) is 0 Å². The summed E-state index contributed by atoms with van der Waals surface area (Å²) in [6.45, 7) is 0. The maximum absolute atomic E-state index is 11.3. The average Bonchev–Trinajstić information content (AvgIpc) is 2.12. The minimum atomic E-state index is -0.0434. The molecule has 2 aromatic heterocycles. The van der Waals surface area contributed by atoms with E-state index < -0.39 is 0 Å². The third-order valence-corrected chi connectivity index (χ3v) is 2.65. The number of halogens is 1. The molecule has 13 heavy (non-hydrogen) atoms. The molecule has 2 rings (SSSR count). The van der Waals surface area contributed by atoms with E-state index in [9.17, 15) is 4.79 Å². The lowest BCUT2D eigenvalue weighted by molar-refractivity contribution is 0.887. The first-order valence-electron chi connectivity index (χ1n) is 3.80. The molecule has 0 unspecified atom stereocenters. The number of aromatic nitrogens is 2. The van der Waals surface area contributed by atoms with Crippen LogP contribution in [0.25, 0.3) is 11.0 Å². The number of hydrogen-bond donors (Lipinski definition) is 0. The van der Waals surface area contributed by atoms with Crippen LogP contribution in [0.5, 0.6) is 0 Å². The second-order valence-electron chi connectivity index (χ2n) is 2.76. The Morgan fingerprint density at radius 3 is 2.92 bits per heavy atom. The largest absolute Gasteiger partial charge is 0.296 e. The first-order chi connectivity index (χ1) is 6.20. The summed E-state index contributed by atoms with van der Waals surface area (Å²) in [6, 6.07) is 5.16. The van der Waals surface area contributed by atoms with Gasteiger partial charge >= 0.3 is 0 Å². The van der Waals surface area contributed by atoms with Gasteiger partial charge in [0.15, 0.2) is 0 Å². The van der Waals surface area contributed by atoms with Gasteiger partial charge in [0.05, 0.1) is 0 Å². The monoisotopic (exact) mass is 238 g/mol. The third-order valence-electron chi connectivity index (χ3n) is 1.96. The molecule has 0 fully saturated rings. The number of fused-ring (bicyclic) bond motifs is 1. The van der Waals surface area contributed by atoms with E-state index in [1.807, 2.05) is 6.07 Å². The molecule has 2 heterocycles. The summed E-state index contributed by atoms with van der Waals surface area (Å²) in [7, 11) is 1.71. The van der Waals surface area contributed by atoms with Gasteiger partial charge in [-0.2, -0.15) is 0 Å². The van der Waals surface area contributed by atoms with Crippen molar-refractivity contribution in [2.75, 3.05) is 0 Å². The van der Waals surface area contributed by atoms with Crippen LogP contribution in [-0.2, 0) is 7.05 Å². The number of nitrogens with zero attached hydrogens (tertiary/aromatic N) is 2. The van der Waals surface area contributed by atoms with E-state index in [0.29, 0.717) is 5.65 Å². The Labute approximate surface area is 83.2 Å². The molecule has 2 aromatic rings. The van der Waals surface area contributed by atoms with Crippen molar-refractivity contribution in [3.8, 4) is 0 Å². The summed E-state index contributed by atoms with van der Waals surface area (Å²) in [5, 5.41) is 0.949. The third kappa shape index (κ3) is 1.27. The molecule has 0 atom stereocenters. The van der Waals surface area contributed by atoms with Crippen LogP contribution in [0.1, 0.15) is 0 Å². The lowest BCUT2D eigenvalue weighted by Crippen LogP contribution is -2.15. The zero-order chi connectivity index (χ0) is 9.42. The zero-order valence-electron chi connectivity index (χ0n) is 6.99. The molecule has 0 saturated heterocycles. The Kier molecular flexibility index (Phi) is 1.92. The highest BCUT2D eigenvalue weighted by Crippen LogP contribution is 2.19. The van der Waals surface area contributed by atoms with Crippen LogP contribution >= 0.6 is 15.9 Å². The maximum atomic E-state index is 11.3. The van der Waals surface area contributed by atoms with Gasteiger partial charge in [-0.25, -0.2) is 4.98 Å². The van der Waals surface area contributed by atoms with Gasteiger partial charge in [0.2, 0.25) is 0 Å². The van der Waals surface area contributed by atoms with E-state index in [-0.39, 0.29) is 5.56 Å². The highest BCUT2D eigenvalue weighted by molar-refractivity contribution is 9.10. The highest BCUT2D eigenvalue weighted by atomic mass is 79.9. The topological polar surface area (TPSA) is 34.9 Å². The Hall–Kier alpha value is -1.16. The van der Waals surface area contributed by atoms with Gasteiger partial charge in [-0.1, -0.05) is 0 Å². The van der Waals surface area contributed by atoms with Gasteiger partial charge < -0.3 is 0 Å². The zero-order valence-corrected chi connectivity index (χ0v) is 8.58. The van der Waals surface area contributed by atoms with E-state index in [2.05, 4.69) is 20.9 Å². The molecule has 0 saturated carbocycles. The van der Waals surface area contributed by atoms with Crippen molar-refractivity contribution in [3.05, 3.63) is 39.2 Å². The summed E-state index contributed by atoms with van der Waals surface area (Å²) in [5.41, 5.74) is 0.653. The Balaban J connectivity index is 3.03. The molecule has 0 amide bonds. The predicted octanol–water partition coefficient (Wildman–Crippen LogP) is 1.70. The molecular formula is C9H7BrN2O. The van der Waals surface area contributed by atoms with Crippen LogP contribution in [0.2, 0.25) is 0 Å². The van der Waals surface area contributed by atoms with Gasteiger partial charge in [-0.3, -0.25) is 9.36 Å². The van der Waals surface area contributed by atoms with Crippen molar-refractivity contribution in [2.24, 2.45) is 7.05 Å². The van der Waals surface area contributed by atoms with E-state index in [1.54, 1.807) is 19.3 Å². The molecule has 0 aliphatic heterocycles. The molecule has 0 spiro atoms. The molecule has 4 heteroatoms. The fraction of sp³-hybridized carbons (Fsp3) is 0.111. The summed E-state index contributed by atoms with van der Waals surface area (Å²) >= 11 is 3.40. The van der Waals surface area contributed by atoms with Gasteiger partial charge in [-0.05, 0) is 28.1 Å². The highest BCUT2D eigenvalue weighted by Gasteiger charge is 2.02. The van der Waals surface area contributed by atoms with E-state index in [0.717, 1.165) is 9.86 Å². The normalized spacial score (nSPS) is 10.6. The number of hydrogen-bond acceptors (Lipinski definition) is 2. The first kappa shape index (κ1) is 8.44. The van der Waals surface area contributed by atoms with Crippen LogP contribution in [0.3, 0.4) is 0 Å². The number of rotatable bonds is 0. The molecule has 0 radical (unpaired) electrons. The second-order valence-corrected chi connectivity index (χ2v) is 3.61. The molecule has 66 valence electrons. The lowest BCUT2D eigenvalue weighted by Gasteiger charge is -2.03. The predicted molar refractivity (Wildman–Crippen MR) is 54.7 cm³/mol. The summed E-state index contributed by atoms with van der Waals surface area (Å²) < 4.78 is 2.48. The van der Waals surface area contributed by atoms with Crippen LogP contribution in [-0.4, -0.2) is 9.55 Å². The van der Waals surface area contributed by atoms with Crippen LogP contribution in [0.4, 0.5) is 0 Å². The van der Waals surface area contributed by atoms with Gasteiger partial charge in [-0.15, -0.1) is 0 Å². The Bertz CT molecular complexity index is 518. The number of pyridine rings is 2. The molecule has 0 aliphatic carbocycles. The average molecular weight is 239 g/mol. The number of aryl methyl sites for hydroxylation is 1. The van der Waals surface area contributed by atoms with Crippen molar-refractivity contribution < 1.29 is 0 Å². The van der Waals surface area contributed by atoms with Gasteiger partial charge in [0.1, 0.15) is 5.65 Å². The SMILES string of the molecule is Cn1c(=O)ccc2c(Br)ccnc21. The minimum Gasteiger partial charge on any atom is -0.296 e. The van der Waals surface area contributed by atoms with Crippen LogP contribution < -0.4 is 5.56 Å². The fourth-order valence-electron chi connectivity index (χ4n) is 1.23. The Morgan fingerprint density at radius 2 is 2.15 bits per heavy atom. The van der Waals surface area contributed by atoms with E-state index in [4.69, 9.17) is 0 Å². The molecule has 0 N–H and O–H groups in total. The van der Waals surface area contributed by atoms with Gasteiger partial charge in [0, 0.05) is 29.2 Å². The van der Waals surface area contributed by atoms with Crippen molar-refractivity contribution >= 4 is 27.0 Å². The van der Waals surface area contributed by atoms with Crippen molar-refractivity contribution in [1.82, 2.24) is 9.55 Å². The smallest absolute Gasteiger partial charge is 0.251 e. The molecule has 0 bridgehead atoms.